The van der Waals surface area contributed by atoms with Crippen molar-refractivity contribution in [2.45, 2.75) is 51.6 Å². The smallest absolute Gasteiger partial charge is 0.209 e. The molecule has 3 rings (SSSR count). The molecule has 0 amide bonds. The number of hydrogen-bond acceptors (Lipinski definition) is 4. The summed E-state index contributed by atoms with van der Waals surface area (Å²) in [4.78, 5) is 4.60. The lowest BCUT2D eigenvalue weighted by Gasteiger charge is -2.22. The highest BCUT2D eigenvalue weighted by atomic mass is 16.5. The third-order valence-electron chi connectivity index (χ3n) is 4.00. The fraction of sp³-hybridized carbons (Fsp3) is 0.588. The van der Waals surface area contributed by atoms with Crippen LogP contribution in [0.25, 0.3) is 11.1 Å². The monoisotopic (exact) mass is 288 g/mol. The molecule has 0 aliphatic carbocycles. The number of nitrogens with one attached hydrogen (secondary N) is 1. The maximum absolute atomic E-state index is 5.81. The first kappa shape index (κ1) is 14.5. The van der Waals surface area contributed by atoms with Gasteiger partial charge in [0.15, 0.2) is 5.58 Å². The molecule has 2 heterocycles. The van der Waals surface area contributed by atoms with E-state index in [1.54, 1.807) is 0 Å². The Labute approximate surface area is 125 Å². The van der Waals surface area contributed by atoms with Gasteiger partial charge >= 0.3 is 0 Å². The van der Waals surface area contributed by atoms with Crippen LogP contribution in [0.3, 0.4) is 0 Å². The minimum absolute atomic E-state index is 0.130. The molecule has 2 aromatic rings. The molecule has 0 unspecified atom stereocenters. The minimum atomic E-state index is 0.130. The summed E-state index contributed by atoms with van der Waals surface area (Å²) in [7, 11) is 0. The predicted molar refractivity (Wildman–Crippen MR) is 83.4 cm³/mol. The number of hydrogen-bond donors (Lipinski definition) is 1. The number of rotatable bonds is 3. The number of benzene rings is 1. The first-order chi connectivity index (χ1) is 10.0. The lowest BCUT2D eigenvalue weighted by molar-refractivity contribution is 0.0692. The van der Waals surface area contributed by atoms with E-state index >= 15 is 0 Å². The van der Waals surface area contributed by atoms with Crippen LogP contribution in [0.4, 0.5) is 0 Å². The number of nitrogens with zero attached hydrogens (tertiary/aromatic N) is 1. The maximum Gasteiger partial charge on any atom is 0.209 e. The van der Waals surface area contributed by atoms with Crippen LogP contribution in [0.1, 0.15) is 45.1 Å². The van der Waals surface area contributed by atoms with Gasteiger partial charge in [-0.1, -0.05) is 26.8 Å². The summed E-state index contributed by atoms with van der Waals surface area (Å²) in [6, 6.07) is 6.70. The largest absolute Gasteiger partial charge is 0.439 e. The molecule has 1 aliphatic rings. The van der Waals surface area contributed by atoms with Crippen molar-refractivity contribution in [3.05, 3.63) is 29.7 Å². The zero-order valence-corrected chi connectivity index (χ0v) is 13.1. The molecule has 4 nitrogen and oxygen atoms in total. The van der Waals surface area contributed by atoms with E-state index in [4.69, 9.17) is 9.15 Å². The molecular weight excluding hydrogens is 264 g/mol. The van der Waals surface area contributed by atoms with Crippen molar-refractivity contribution in [1.82, 2.24) is 10.3 Å². The van der Waals surface area contributed by atoms with Gasteiger partial charge in [0.2, 0.25) is 5.89 Å². The topological polar surface area (TPSA) is 47.3 Å². The van der Waals surface area contributed by atoms with Crippen LogP contribution >= 0.6 is 0 Å². The third-order valence-corrected chi connectivity index (χ3v) is 4.00. The molecule has 1 atom stereocenters. The first-order valence-corrected chi connectivity index (χ1v) is 7.73. The van der Waals surface area contributed by atoms with E-state index in [1.165, 1.54) is 5.56 Å². The van der Waals surface area contributed by atoms with Crippen molar-refractivity contribution in [2.75, 3.05) is 13.2 Å². The van der Waals surface area contributed by atoms with Gasteiger partial charge in [-0.2, -0.15) is 0 Å². The van der Waals surface area contributed by atoms with Gasteiger partial charge in [0, 0.05) is 12.6 Å². The Morgan fingerprint density at radius 1 is 1.33 bits per heavy atom. The molecule has 114 valence electrons. The van der Waals surface area contributed by atoms with Crippen molar-refractivity contribution in [3.63, 3.8) is 0 Å². The van der Waals surface area contributed by atoms with Gasteiger partial charge in [0.25, 0.3) is 0 Å². The summed E-state index contributed by atoms with van der Waals surface area (Å²) in [5.74, 6) is 0.752. The molecular formula is C17H24N2O2. The van der Waals surface area contributed by atoms with Crippen molar-refractivity contribution >= 4 is 11.1 Å². The Balaban J connectivity index is 1.71. The molecule has 1 aliphatic heterocycles. The fourth-order valence-electron chi connectivity index (χ4n) is 2.65. The Kier molecular flexibility index (Phi) is 4.00. The van der Waals surface area contributed by atoms with E-state index in [0.29, 0.717) is 12.6 Å². The van der Waals surface area contributed by atoms with Crippen LogP contribution in [0.2, 0.25) is 0 Å². The molecule has 1 aromatic heterocycles. The van der Waals surface area contributed by atoms with E-state index in [-0.39, 0.29) is 5.41 Å². The quantitative estimate of drug-likeness (QED) is 0.940. The van der Waals surface area contributed by atoms with Gasteiger partial charge in [-0.05, 0) is 36.0 Å². The number of fused-ring (bicyclic) bond motifs is 1. The average Bonchev–Trinajstić information content (AvgIpc) is 2.87. The average molecular weight is 288 g/mol. The summed E-state index contributed by atoms with van der Waals surface area (Å²) in [5, 5.41) is 3.46. The molecule has 21 heavy (non-hydrogen) atoms. The molecule has 1 N–H and O–H groups in total. The highest BCUT2D eigenvalue weighted by Gasteiger charge is 2.17. The molecule has 4 heteroatoms. The maximum atomic E-state index is 5.81. The van der Waals surface area contributed by atoms with Gasteiger partial charge in [0.05, 0.1) is 13.2 Å². The van der Waals surface area contributed by atoms with Crippen LogP contribution in [0.5, 0.6) is 0 Å². The van der Waals surface area contributed by atoms with Crippen LogP contribution < -0.4 is 5.32 Å². The van der Waals surface area contributed by atoms with Gasteiger partial charge < -0.3 is 14.5 Å². The van der Waals surface area contributed by atoms with E-state index in [0.717, 1.165) is 43.0 Å². The van der Waals surface area contributed by atoms with Crippen LogP contribution in [-0.4, -0.2) is 24.2 Å². The minimum Gasteiger partial charge on any atom is -0.439 e. The zero-order valence-electron chi connectivity index (χ0n) is 13.1. The highest BCUT2D eigenvalue weighted by Crippen LogP contribution is 2.26. The molecule has 0 bridgehead atoms. The molecule has 0 spiro atoms. The number of oxazole rings is 1. The zero-order chi connectivity index (χ0) is 14.9. The SMILES string of the molecule is CC(C)(C)c1ccc2oc(CN[C@@H]3CCCOC3)nc2c1. The van der Waals surface area contributed by atoms with Crippen molar-refractivity contribution < 1.29 is 9.15 Å². The van der Waals surface area contributed by atoms with E-state index in [2.05, 4.69) is 43.2 Å². The van der Waals surface area contributed by atoms with Crippen LogP contribution in [0.15, 0.2) is 22.6 Å². The molecule has 0 saturated carbocycles. The Hall–Kier alpha value is -1.39. The van der Waals surface area contributed by atoms with Crippen molar-refractivity contribution in [3.8, 4) is 0 Å². The Morgan fingerprint density at radius 2 is 2.19 bits per heavy atom. The standard InChI is InChI=1S/C17H24N2O2/c1-17(2,3)12-6-7-15-14(9-12)19-16(21-15)10-18-13-5-4-8-20-11-13/h6-7,9,13,18H,4-5,8,10-11H2,1-3H3/t13-/m1/s1. The summed E-state index contributed by atoms with van der Waals surface area (Å²) >= 11 is 0. The summed E-state index contributed by atoms with van der Waals surface area (Å²) in [5.41, 5.74) is 3.22. The van der Waals surface area contributed by atoms with Crippen LogP contribution in [0, 0.1) is 0 Å². The molecule has 1 saturated heterocycles. The van der Waals surface area contributed by atoms with E-state index in [9.17, 15) is 0 Å². The Morgan fingerprint density at radius 3 is 2.90 bits per heavy atom. The van der Waals surface area contributed by atoms with Crippen molar-refractivity contribution in [2.24, 2.45) is 0 Å². The lowest BCUT2D eigenvalue weighted by atomic mass is 9.87. The summed E-state index contributed by atoms with van der Waals surface area (Å²) in [6.45, 7) is 8.96. The van der Waals surface area contributed by atoms with Gasteiger partial charge in [-0.15, -0.1) is 0 Å². The van der Waals surface area contributed by atoms with Gasteiger partial charge in [0.1, 0.15) is 5.52 Å². The molecule has 1 aromatic carbocycles. The van der Waals surface area contributed by atoms with Gasteiger partial charge in [-0.25, -0.2) is 4.98 Å². The normalized spacial score (nSPS) is 20.0. The second kappa shape index (κ2) is 5.78. The lowest BCUT2D eigenvalue weighted by Crippen LogP contribution is -2.36. The highest BCUT2D eigenvalue weighted by molar-refractivity contribution is 5.73. The van der Waals surface area contributed by atoms with Crippen LogP contribution in [-0.2, 0) is 16.7 Å². The van der Waals surface area contributed by atoms with E-state index in [1.807, 2.05) is 6.07 Å². The number of aromatic nitrogens is 1. The van der Waals surface area contributed by atoms with Crippen molar-refractivity contribution in [1.29, 1.82) is 0 Å². The Bertz CT molecular complexity index is 607. The molecule has 0 radical (unpaired) electrons. The second-order valence-corrected chi connectivity index (χ2v) is 6.84. The summed E-state index contributed by atoms with van der Waals surface area (Å²) in [6.07, 6.45) is 2.29. The number of ether oxygens (including phenoxy) is 1. The van der Waals surface area contributed by atoms with Gasteiger partial charge in [-0.3, -0.25) is 0 Å². The second-order valence-electron chi connectivity index (χ2n) is 6.84. The fourth-order valence-corrected chi connectivity index (χ4v) is 2.65. The molecule has 1 fully saturated rings. The van der Waals surface area contributed by atoms with E-state index < -0.39 is 0 Å². The summed E-state index contributed by atoms with van der Waals surface area (Å²) < 4.78 is 11.3. The first-order valence-electron chi connectivity index (χ1n) is 7.73. The third kappa shape index (κ3) is 3.44. The predicted octanol–water partition coefficient (Wildman–Crippen LogP) is 3.39.